The smallest absolute Gasteiger partial charge is 0.0662 e. The van der Waals surface area contributed by atoms with E-state index in [1.54, 1.807) is 0 Å². The van der Waals surface area contributed by atoms with Gasteiger partial charge in [0.1, 0.15) is 0 Å². The summed E-state index contributed by atoms with van der Waals surface area (Å²) in [5.74, 6) is 0. The van der Waals surface area contributed by atoms with Gasteiger partial charge in [-0.05, 0) is 51.7 Å². The van der Waals surface area contributed by atoms with Gasteiger partial charge in [-0.15, -0.1) is 0 Å². The molecular formula is C19H31N3O2. The van der Waals surface area contributed by atoms with Crippen molar-refractivity contribution in [3.8, 4) is 0 Å². The Morgan fingerprint density at radius 3 is 2.79 bits per heavy atom. The summed E-state index contributed by atoms with van der Waals surface area (Å²) in [4.78, 5) is 4.60. The van der Waals surface area contributed by atoms with Gasteiger partial charge in [0.25, 0.3) is 0 Å². The third-order valence-corrected chi connectivity index (χ3v) is 5.89. The number of hydrogen-bond donors (Lipinski definition) is 2. The van der Waals surface area contributed by atoms with Crippen molar-refractivity contribution in [2.24, 2.45) is 11.1 Å². The minimum atomic E-state index is 0.237. The number of nitrogens with two attached hydrogens (primary N) is 1. The van der Waals surface area contributed by atoms with E-state index in [1.807, 2.05) is 6.07 Å². The summed E-state index contributed by atoms with van der Waals surface area (Å²) in [5, 5.41) is 3.85. The zero-order valence-electron chi connectivity index (χ0n) is 15.2. The van der Waals surface area contributed by atoms with Crippen LogP contribution in [0.25, 0.3) is 0 Å². The van der Waals surface area contributed by atoms with Crippen LogP contribution in [0, 0.1) is 12.3 Å². The first kappa shape index (κ1) is 17.8. The molecule has 0 radical (unpaired) electrons. The monoisotopic (exact) mass is 333 g/mol. The van der Waals surface area contributed by atoms with Crippen LogP contribution >= 0.6 is 0 Å². The summed E-state index contributed by atoms with van der Waals surface area (Å²) in [7, 11) is 0. The van der Waals surface area contributed by atoms with E-state index in [2.05, 4.69) is 37.1 Å². The lowest BCUT2D eigenvalue weighted by molar-refractivity contribution is -0.174. The number of aromatic nitrogens is 1. The maximum atomic E-state index is 6.02. The van der Waals surface area contributed by atoms with E-state index in [9.17, 15) is 0 Å². The molecule has 1 aliphatic carbocycles. The standard InChI is InChI=1S/C19H31N3O2/c1-4-24-18-11-17(19(18)7-9-23-10-8-19)22-14(3)16-6-5-15(12-20)21-13(16)2/h5-6,14,17-18,22H,4,7-12,20H2,1-3H3. The Bertz CT molecular complexity index is 558. The zero-order valence-corrected chi connectivity index (χ0v) is 15.2. The molecule has 0 amide bonds. The summed E-state index contributed by atoms with van der Waals surface area (Å²) in [6.45, 7) is 9.37. The Labute approximate surface area is 145 Å². The number of hydrogen-bond acceptors (Lipinski definition) is 5. The average Bonchev–Trinajstić information content (AvgIpc) is 2.61. The summed E-state index contributed by atoms with van der Waals surface area (Å²) in [6.07, 6.45) is 3.64. The summed E-state index contributed by atoms with van der Waals surface area (Å²) in [5.41, 5.74) is 9.20. The highest BCUT2D eigenvalue weighted by Crippen LogP contribution is 2.51. The van der Waals surface area contributed by atoms with Crippen LogP contribution in [0.1, 0.15) is 56.1 Å². The third kappa shape index (κ3) is 3.23. The topological polar surface area (TPSA) is 69.4 Å². The molecule has 2 fully saturated rings. The highest BCUT2D eigenvalue weighted by atomic mass is 16.5. The summed E-state index contributed by atoms with van der Waals surface area (Å²) >= 11 is 0. The van der Waals surface area contributed by atoms with Crippen LogP contribution < -0.4 is 11.1 Å². The van der Waals surface area contributed by atoms with Crippen molar-refractivity contribution in [3.63, 3.8) is 0 Å². The molecule has 3 atom stereocenters. The molecule has 0 aromatic carbocycles. The molecular weight excluding hydrogens is 302 g/mol. The molecule has 1 aromatic rings. The number of aryl methyl sites for hydroxylation is 1. The van der Waals surface area contributed by atoms with Crippen LogP contribution in [0.2, 0.25) is 0 Å². The molecule has 24 heavy (non-hydrogen) atoms. The highest BCUT2D eigenvalue weighted by Gasteiger charge is 2.56. The first-order valence-corrected chi connectivity index (χ1v) is 9.22. The van der Waals surface area contributed by atoms with Crippen LogP contribution in [0.15, 0.2) is 12.1 Å². The van der Waals surface area contributed by atoms with Crippen molar-refractivity contribution in [1.82, 2.24) is 10.3 Å². The van der Waals surface area contributed by atoms with Crippen LogP contribution in [0.3, 0.4) is 0 Å². The van der Waals surface area contributed by atoms with Gasteiger partial charge in [-0.2, -0.15) is 0 Å². The normalized spacial score (nSPS) is 27.0. The van der Waals surface area contributed by atoms with Crippen LogP contribution in [-0.2, 0) is 16.0 Å². The summed E-state index contributed by atoms with van der Waals surface area (Å²) < 4.78 is 11.6. The van der Waals surface area contributed by atoms with Crippen molar-refractivity contribution in [2.75, 3.05) is 19.8 Å². The SMILES string of the molecule is CCOC1CC(NC(C)c2ccc(CN)nc2C)C12CCOCC2. The van der Waals surface area contributed by atoms with Crippen LogP contribution in [0.4, 0.5) is 0 Å². The Hall–Kier alpha value is -1.01. The van der Waals surface area contributed by atoms with Gasteiger partial charge in [-0.1, -0.05) is 6.07 Å². The van der Waals surface area contributed by atoms with Crippen molar-refractivity contribution < 1.29 is 9.47 Å². The Balaban J connectivity index is 1.70. The molecule has 5 heteroatoms. The second kappa shape index (κ2) is 7.48. The zero-order chi connectivity index (χ0) is 17.2. The van der Waals surface area contributed by atoms with Gasteiger partial charge in [0.05, 0.1) is 11.8 Å². The molecule has 5 nitrogen and oxygen atoms in total. The highest BCUT2D eigenvalue weighted by molar-refractivity contribution is 5.26. The molecule has 1 aliphatic heterocycles. The van der Waals surface area contributed by atoms with Gasteiger partial charge < -0.3 is 20.5 Å². The molecule has 1 aromatic heterocycles. The van der Waals surface area contributed by atoms with E-state index >= 15 is 0 Å². The van der Waals surface area contributed by atoms with Gasteiger partial charge in [0.15, 0.2) is 0 Å². The number of nitrogens with one attached hydrogen (secondary N) is 1. The molecule has 2 heterocycles. The largest absolute Gasteiger partial charge is 0.381 e. The Morgan fingerprint density at radius 1 is 1.42 bits per heavy atom. The predicted molar refractivity (Wildman–Crippen MR) is 94.7 cm³/mol. The van der Waals surface area contributed by atoms with Crippen molar-refractivity contribution in [2.45, 2.75) is 64.8 Å². The predicted octanol–water partition coefficient (Wildman–Crippen LogP) is 2.47. The first-order valence-electron chi connectivity index (χ1n) is 9.22. The fraction of sp³-hybridized carbons (Fsp3) is 0.737. The lowest BCUT2D eigenvalue weighted by atomic mass is 9.57. The molecule has 1 saturated heterocycles. The lowest BCUT2D eigenvalue weighted by Gasteiger charge is -2.58. The Kier molecular flexibility index (Phi) is 5.55. The molecule has 3 unspecified atom stereocenters. The second-order valence-electron chi connectivity index (χ2n) is 7.15. The average molecular weight is 333 g/mol. The van der Waals surface area contributed by atoms with E-state index < -0.39 is 0 Å². The van der Waals surface area contributed by atoms with Gasteiger partial charge in [0, 0.05) is 49.6 Å². The third-order valence-electron chi connectivity index (χ3n) is 5.89. The van der Waals surface area contributed by atoms with E-state index in [-0.39, 0.29) is 11.5 Å². The minimum absolute atomic E-state index is 0.237. The molecule has 1 saturated carbocycles. The van der Waals surface area contributed by atoms with Crippen molar-refractivity contribution in [1.29, 1.82) is 0 Å². The van der Waals surface area contributed by atoms with Crippen molar-refractivity contribution >= 4 is 0 Å². The van der Waals surface area contributed by atoms with E-state index in [0.29, 0.717) is 18.7 Å². The van der Waals surface area contributed by atoms with E-state index in [0.717, 1.165) is 50.5 Å². The number of nitrogens with zero attached hydrogens (tertiary/aromatic N) is 1. The summed E-state index contributed by atoms with van der Waals surface area (Å²) in [6, 6.07) is 4.96. The number of ether oxygens (including phenoxy) is 2. The first-order chi connectivity index (χ1) is 11.6. The molecule has 3 rings (SSSR count). The molecule has 0 bridgehead atoms. The fourth-order valence-corrected chi connectivity index (χ4v) is 4.43. The molecule has 3 N–H and O–H groups in total. The van der Waals surface area contributed by atoms with Crippen LogP contribution in [0.5, 0.6) is 0 Å². The molecule has 2 aliphatic rings. The van der Waals surface area contributed by atoms with E-state index in [4.69, 9.17) is 15.2 Å². The van der Waals surface area contributed by atoms with Crippen LogP contribution in [-0.4, -0.2) is 37.0 Å². The quantitative estimate of drug-likeness (QED) is 0.837. The maximum Gasteiger partial charge on any atom is 0.0662 e. The fourth-order valence-electron chi connectivity index (χ4n) is 4.43. The molecule has 134 valence electrons. The number of rotatable bonds is 6. The molecule has 1 spiro atoms. The van der Waals surface area contributed by atoms with E-state index in [1.165, 1.54) is 5.56 Å². The minimum Gasteiger partial charge on any atom is -0.381 e. The second-order valence-corrected chi connectivity index (χ2v) is 7.15. The van der Waals surface area contributed by atoms with Crippen molar-refractivity contribution in [3.05, 3.63) is 29.1 Å². The maximum absolute atomic E-state index is 6.02. The Morgan fingerprint density at radius 2 is 2.17 bits per heavy atom. The lowest BCUT2D eigenvalue weighted by Crippen LogP contribution is -2.65. The van der Waals surface area contributed by atoms with Gasteiger partial charge in [-0.25, -0.2) is 0 Å². The van der Waals surface area contributed by atoms with Gasteiger partial charge in [0.2, 0.25) is 0 Å². The number of pyridine rings is 1. The van der Waals surface area contributed by atoms with Gasteiger partial charge >= 0.3 is 0 Å². The van der Waals surface area contributed by atoms with Gasteiger partial charge in [-0.3, -0.25) is 4.98 Å².